The Bertz CT molecular complexity index is 924. The van der Waals surface area contributed by atoms with Crippen LogP contribution >= 0.6 is 0 Å². The molecule has 1 atom stereocenters. The minimum Gasteiger partial charge on any atom is -0.458 e. The van der Waals surface area contributed by atoms with E-state index >= 15 is 0 Å². The number of hydrogen-bond acceptors (Lipinski definition) is 3. The van der Waals surface area contributed by atoms with Gasteiger partial charge in [0, 0.05) is 17.7 Å². The summed E-state index contributed by atoms with van der Waals surface area (Å²) in [4.78, 5) is 28.8. The molecular weight excluding hydrogens is 362 g/mol. The fourth-order valence-corrected chi connectivity index (χ4v) is 4.75. The van der Waals surface area contributed by atoms with Gasteiger partial charge in [0.05, 0.1) is 0 Å². The third kappa shape index (κ3) is 3.90. The fraction of sp³-hybridized carbons (Fsp3) is 0.520. The summed E-state index contributed by atoms with van der Waals surface area (Å²) in [6.45, 7) is 8.46. The van der Waals surface area contributed by atoms with Crippen molar-refractivity contribution >= 4 is 11.8 Å². The highest BCUT2D eigenvalue weighted by Crippen LogP contribution is 2.36. The van der Waals surface area contributed by atoms with Gasteiger partial charge in [-0.25, -0.2) is 4.79 Å². The number of aromatic amines is 1. The molecule has 0 radical (unpaired) electrons. The smallest absolute Gasteiger partial charge is 0.355 e. The van der Waals surface area contributed by atoms with Gasteiger partial charge in [0.1, 0.15) is 11.8 Å². The van der Waals surface area contributed by atoms with Crippen molar-refractivity contribution in [3.8, 4) is 0 Å². The summed E-state index contributed by atoms with van der Waals surface area (Å²) in [7, 11) is 0. The quantitative estimate of drug-likeness (QED) is 0.687. The number of benzene rings is 1. The van der Waals surface area contributed by atoms with Crippen LogP contribution in [0.15, 0.2) is 24.3 Å². The third-order valence-electron chi connectivity index (χ3n) is 6.52. The average Bonchev–Trinajstić information content (AvgIpc) is 3.29. The van der Waals surface area contributed by atoms with Crippen molar-refractivity contribution in [3.63, 3.8) is 0 Å². The normalized spacial score (nSPS) is 20.0. The number of carbonyl (C=O) groups is 2. The molecule has 29 heavy (non-hydrogen) atoms. The van der Waals surface area contributed by atoms with Gasteiger partial charge in [-0.3, -0.25) is 4.79 Å². The molecular formula is C25H31NO3. The van der Waals surface area contributed by atoms with E-state index in [1.165, 1.54) is 11.1 Å². The van der Waals surface area contributed by atoms with Gasteiger partial charge in [0.2, 0.25) is 0 Å². The molecule has 4 heteroatoms. The maximum Gasteiger partial charge on any atom is 0.355 e. The summed E-state index contributed by atoms with van der Waals surface area (Å²) in [6.07, 6.45) is 5.36. The number of fused-ring (bicyclic) bond motifs is 1. The SMILES string of the molecule is Cc1c(C(=O)OC2CCCC2)[nH]c2c1C(=O)C[C@@H](c1ccc(C(C)(C)C)cc1)C2. The number of rotatable bonds is 3. The van der Waals surface area contributed by atoms with Crippen molar-refractivity contribution in [3.05, 3.63) is 57.9 Å². The lowest BCUT2D eigenvalue weighted by Gasteiger charge is -2.24. The topological polar surface area (TPSA) is 59.2 Å². The summed E-state index contributed by atoms with van der Waals surface area (Å²) in [6, 6.07) is 8.63. The maximum atomic E-state index is 12.9. The second-order valence-corrected chi connectivity index (χ2v) is 9.69. The molecule has 1 aromatic carbocycles. The summed E-state index contributed by atoms with van der Waals surface area (Å²) >= 11 is 0. The first-order valence-electron chi connectivity index (χ1n) is 10.8. The zero-order valence-electron chi connectivity index (χ0n) is 17.9. The molecule has 2 aliphatic rings. The summed E-state index contributed by atoms with van der Waals surface area (Å²) in [5.74, 6) is -0.0618. The van der Waals surface area contributed by atoms with Crippen LogP contribution < -0.4 is 0 Å². The van der Waals surface area contributed by atoms with Crippen molar-refractivity contribution in [2.45, 2.75) is 83.7 Å². The summed E-state index contributed by atoms with van der Waals surface area (Å²) in [5, 5.41) is 0. The first-order valence-corrected chi connectivity index (χ1v) is 10.8. The largest absolute Gasteiger partial charge is 0.458 e. The van der Waals surface area contributed by atoms with E-state index in [1.54, 1.807) is 0 Å². The van der Waals surface area contributed by atoms with Crippen LogP contribution in [0.1, 0.15) is 102 Å². The van der Waals surface area contributed by atoms with Crippen LogP contribution in [0.3, 0.4) is 0 Å². The Kier molecular flexibility index (Phi) is 5.14. The molecule has 4 nitrogen and oxygen atoms in total. The minimum absolute atomic E-state index is 0.0204. The molecule has 0 aliphatic heterocycles. The van der Waals surface area contributed by atoms with Crippen LogP contribution in [-0.4, -0.2) is 22.8 Å². The fourth-order valence-electron chi connectivity index (χ4n) is 4.75. The van der Waals surface area contributed by atoms with E-state index in [1.807, 2.05) is 6.92 Å². The highest BCUT2D eigenvalue weighted by molar-refractivity contribution is 6.03. The van der Waals surface area contributed by atoms with E-state index in [9.17, 15) is 9.59 Å². The molecule has 2 aliphatic carbocycles. The van der Waals surface area contributed by atoms with Crippen molar-refractivity contribution in [1.82, 2.24) is 4.98 Å². The maximum absolute atomic E-state index is 12.9. The predicted octanol–water partition coefficient (Wildman–Crippen LogP) is 5.63. The third-order valence-corrected chi connectivity index (χ3v) is 6.52. The minimum atomic E-state index is -0.317. The van der Waals surface area contributed by atoms with E-state index in [2.05, 4.69) is 50.0 Å². The van der Waals surface area contributed by atoms with Crippen LogP contribution in [-0.2, 0) is 16.6 Å². The Morgan fingerprint density at radius 3 is 2.34 bits per heavy atom. The number of ketones is 1. The Labute approximate surface area is 173 Å². The van der Waals surface area contributed by atoms with Crippen LogP contribution in [0.5, 0.6) is 0 Å². The highest BCUT2D eigenvalue weighted by Gasteiger charge is 2.33. The Hall–Kier alpha value is -2.36. The number of esters is 1. The predicted molar refractivity (Wildman–Crippen MR) is 114 cm³/mol. The molecule has 1 fully saturated rings. The van der Waals surface area contributed by atoms with Gasteiger partial charge < -0.3 is 9.72 Å². The molecule has 2 aromatic rings. The first kappa shape index (κ1) is 19.9. The van der Waals surface area contributed by atoms with Crippen molar-refractivity contribution in [2.24, 2.45) is 0 Å². The molecule has 154 valence electrons. The standard InChI is InChI=1S/C25H31NO3/c1-15-22-20(26-23(15)24(28)29-19-7-5-6-8-19)13-17(14-21(22)27)16-9-11-18(12-10-16)25(2,3)4/h9-12,17,19,26H,5-8,13-14H2,1-4H3/t17-/m0/s1. The number of ether oxygens (including phenoxy) is 1. The second kappa shape index (κ2) is 7.47. The number of nitrogens with one attached hydrogen (secondary N) is 1. The first-order chi connectivity index (χ1) is 13.7. The van der Waals surface area contributed by atoms with E-state index in [-0.39, 0.29) is 29.2 Å². The van der Waals surface area contributed by atoms with Gasteiger partial charge in [-0.15, -0.1) is 0 Å². The Balaban J connectivity index is 1.56. The van der Waals surface area contributed by atoms with Crippen LogP contribution in [0, 0.1) is 6.92 Å². The van der Waals surface area contributed by atoms with Crippen molar-refractivity contribution < 1.29 is 14.3 Å². The van der Waals surface area contributed by atoms with Crippen molar-refractivity contribution in [2.75, 3.05) is 0 Å². The number of H-pyrrole nitrogens is 1. The summed E-state index contributed by atoms with van der Waals surface area (Å²) < 4.78 is 5.67. The molecule has 0 bridgehead atoms. The monoisotopic (exact) mass is 393 g/mol. The average molecular weight is 394 g/mol. The van der Waals surface area contributed by atoms with Gasteiger partial charge in [-0.2, -0.15) is 0 Å². The van der Waals surface area contributed by atoms with E-state index in [0.717, 1.165) is 43.4 Å². The molecule has 4 rings (SSSR count). The van der Waals surface area contributed by atoms with Gasteiger partial charge in [0.15, 0.2) is 5.78 Å². The number of Topliss-reactive ketones (excluding diaryl/α,β-unsaturated/α-hetero) is 1. The van der Waals surface area contributed by atoms with Crippen molar-refractivity contribution in [1.29, 1.82) is 0 Å². The zero-order chi connectivity index (χ0) is 20.8. The van der Waals surface area contributed by atoms with E-state index < -0.39 is 0 Å². The molecule has 0 saturated heterocycles. The molecule has 1 N–H and O–H groups in total. The van der Waals surface area contributed by atoms with Crippen LogP contribution in [0.4, 0.5) is 0 Å². The van der Waals surface area contributed by atoms with Crippen LogP contribution in [0.25, 0.3) is 0 Å². The lowest BCUT2D eigenvalue weighted by Crippen LogP contribution is -2.19. The van der Waals surface area contributed by atoms with E-state index in [4.69, 9.17) is 4.74 Å². The molecule has 0 unspecified atom stereocenters. The molecule has 1 heterocycles. The number of aromatic nitrogens is 1. The second-order valence-electron chi connectivity index (χ2n) is 9.69. The zero-order valence-corrected chi connectivity index (χ0v) is 17.9. The summed E-state index contributed by atoms with van der Waals surface area (Å²) in [5.41, 5.74) is 5.36. The number of hydrogen-bond donors (Lipinski definition) is 1. The molecule has 1 saturated carbocycles. The Morgan fingerprint density at radius 2 is 1.72 bits per heavy atom. The molecule has 1 aromatic heterocycles. The van der Waals surface area contributed by atoms with E-state index in [0.29, 0.717) is 17.7 Å². The number of carbonyl (C=O) groups excluding carboxylic acids is 2. The van der Waals surface area contributed by atoms with Gasteiger partial charge in [0.25, 0.3) is 0 Å². The highest BCUT2D eigenvalue weighted by atomic mass is 16.5. The van der Waals surface area contributed by atoms with Gasteiger partial charge in [-0.05, 0) is 67.1 Å². The van der Waals surface area contributed by atoms with Gasteiger partial charge in [-0.1, -0.05) is 45.0 Å². The molecule has 0 spiro atoms. The lowest BCUT2D eigenvalue weighted by atomic mass is 9.80. The lowest BCUT2D eigenvalue weighted by molar-refractivity contribution is 0.0310. The Morgan fingerprint density at radius 1 is 1.07 bits per heavy atom. The molecule has 0 amide bonds. The van der Waals surface area contributed by atoms with Gasteiger partial charge >= 0.3 is 5.97 Å². The van der Waals surface area contributed by atoms with Crippen LogP contribution in [0.2, 0.25) is 0 Å².